The van der Waals surface area contributed by atoms with Crippen LogP contribution in [-0.4, -0.2) is 15.0 Å². The molecule has 0 saturated heterocycles. The summed E-state index contributed by atoms with van der Waals surface area (Å²) in [5.41, 5.74) is 6.30. The molecule has 49 heavy (non-hydrogen) atoms. The number of benzene rings is 7. The van der Waals surface area contributed by atoms with Crippen molar-refractivity contribution in [2.75, 3.05) is 0 Å². The van der Waals surface area contributed by atoms with E-state index in [4.69, 9.17) is 13.7 Å². The van der Waals surface area contributed by atoms with E-state index in [0.717, 1.165) is 53.6 Å². The molecule has 0 fully saturated rings. The van der Waals surface area contributed by atoms with E-state index in [1.807, 2.05) is 48.5 Å². The lowest BCUT2D eigenvalue weighted by Gasteiger charge is -2.11. The van der Waals surface area contributed by atoms with E-state index in [-0.39, 0.29) is 28.6 Å². The summed E-state index contributed by atoms with van der Waals surface area (Å²) in [6, 6.07) is 33.2. The Morgan fingerprint density at radius 2 is 0.918 bits per heavy atom. The van der Waals surface area contributed by atoms with Gasteiger partial charge in [-0.05, 0) is 69.8 Å². The molecule has 0 saturated carbocycles. The molecule has 0 spiro atoms. The molecule has 9 rings (SSSR count). The van der Waals surface area contributed by atoms with Crippen LogP contribution in [0.1, 0.15) is 13.7 Å². The summed E-state index contributed by atoms with van der Waals surface area (Å²) in [6.45, 7) is 0. The minimum absolute atomic E-state index is 0.0315. The number of fused-ring (bicyclic) bond motifs is 3. The summed E-state index contributed by atoms with van der Waals surface area (Å²) in [7, 11) is 0. The van der Waals surface area contributed by atoms with Gasteiger partial charge in [-0.3, -0.25) is 0 Å². The number of hydrogen-bond donors (Lipinski definition) is 0. The van der Waals surface area contributed by atoms with Crippen LogP contribution in [0.15, 0.2) is 176 Å². The fourth-order valence-electron chi connectivity index (χ4n) is 5.99. The van der Waals surface area contributed by atoms with Crippen LogP contribution in [0, 0.1) is 0 Å². The highest BCUT2D eigenvalue weighted by molar-refractivity contribution is 7.26. The Kier molecular flexibility index (Phi) is 5.12. The van der Waals surface area contributed by atoms with Crippen molar-refractivity contribution in [3.8, 4) is 67.5 Å². The Balaban J connectivity index is 1.26. The lowest BCUT2D eigenvalue weighted by molar-refractivity contribution is 1.08. The largest absolute Gasteiger partial charge is 0.208 e. The highest BCUT2D eigenvalue weighted by atomic mass is 32.1. The molecular weight excluding hydrogens is 615 g/mol. The van der Waals surface area contributed by atoms with Crippen LogP contribution in [0.3, 0.4) is 0 Å². The van der Waals surface area contributed by atoms with Crippen LogP contribution in [0.25, 0.3) is 87.7 Å². The number of thiophene rings is 1. The first kappa shape index (κ1) is 20.2. The lowest BCUT2D eigenvalue weighted by Crippen LogP contribution is -2.00. The van der Waals surface area contributed by atoms with E-state index in [1.165, 1.54) is 11.3 Å². The molecule has 7 aromatic carbocycles. The molecule has 2 heterocycles. The molecule has 0 aliphatic heterocycles. The Hall–Kier alpha value is -6.23. The summed E-state index contributed by atoms with van der Waals surface area (Å²) in [4.78, 5) is 13.8. The van der Waals surface area contributed by atoms with Gasteiger partial charge in [0.2, 0.25) is 0 Å². The number of aromatic nitrogens is 3. The van der Waals surface area contributed by atoms with E-state index in [2.05, 4.69) is 75.6 Å². The van der Waals surface area contributed by atoms with Crippen molar-refractivity contribution in [1.82, 2.24) is 15.0 Å². The van der Waals surface area contributed by atoms with Gasteiger partial charge in [-0.1, -0.05) is 139 Å². The smallest absolute Gasteiger partial charge is 0.165 e. The van der Waals surface area contributed by atoms with E-state index >= 15 is 0 Å². The lowest BCUT2D eigenvalue weighted by atomic mass is 9.93. The van der Waals surface area contributed by atoms with Gasteiger partial charge in [0.1, 0.15) is 0 Å². The maximum absolute atomic E-state index is 8.69. The zero-order valence-corrected chi connectivity index (χ0v) is 26.5. The van der Waals surface area contributed by atoms with Crippen molar-refractivity contribution in [3.05, 3.63) is 176 Å². The van der Waals surface area contributed by atoms with Gasteiger partial charge < -0.3 is 0 Å². The van der Waals surface area contributed by atoms with E-state index in [9.17, 15) is 0 Å². The van der Waals surface area contributed by atoms with E-state index < -0.39 is 60.4 Å². The van der Waals surface area contributed by atoms with Crippen LogP contribution < -0.4 is 0 Å². The average Bonchev–Trinajstić information content (AvgIpc) is 3.65. The highest BCUT2D eigenvalue weighted by Gasteiger charge is 2.17. The molecule has 0 aliphatic rings. The highest BCUT2D eigenvalue weighted by Crippen LogP contribution is 2.42. The molecular formula is C45H29N3S. The zero-order chi connectivity index (χ0) is 41.3. The second kappa shape index (κ2) is 12.4. The Bertz CT molecular complexity index is 2970. The van der Waals surface area contributed by atoms with Crippen LogP contribution in [0.5, 0.6) is 0 Å². The summed E-state index contributed by atoms with van der Waals surface area (Å²) >= 11 is 1.50. The number of nitrogens with zero attached hydrogens (tertiary/aromatic N) is 3. The van der Waals surface area contributed by atoms with Gasteiger partial charge in [0.25, 0.3) is 0 Å². The predicted molar refractivity (Wildman–Crippen MR) is 205 cm³/mol. The van der Waals surface area contributed by atoms with Gasteiger partial charge in [-0.2, -0.15) is 0 Å². The molecule has 0 radical (unpaired) electrons. The summed E-state index contributed by atoms with van der Waals surface area (Å²) in [5, 5.41) is 1.86. The van der Waals surface area contributed by atoms with Crippen molar-refractivity contribution in [3.63, 3.8) is 0 Å². The first-order valence-electron chi connectivity index (χ1n) is 20.5. The van der Waals surface area contributed by atoms with Gasteiger partial charge in [0.05, 0.1) is 13.7 Å². The third-order valence-electron chi connectivity index (χ3n) is 8.30. The van der Waals surface area contributed by atoms with Gasteiger partial charge in [-0.15, -0.1) is 11.3 Å². The van der Waals surface area contributed by atoms with Crippen molar-refractivity contribution in [1.29, 1.82) is 0 Å². The van der Waals surface area contributed by atoms with Gasteiger partial charge in [0, 0.05) is 36.9 Å². The van der Waals surface area contributed by atoms with Crippen molar-refractivity contribution < 1.29 is 13.7 Å². The molecule has 2 aromatic heterocycles. The molecule has 0 amide bonds. The monoisotopic (exact) mass is 653 g/mol. The second-order valence-corrected chi connectivity index (χ2v) is 12.4. The minimum atomic E-state index is -0.597. The molecule has 3 nitrogen and oxygen atoms in total. The molecule has 0 unspecified atom stereocenters. The Labute approximate surface area is 302 Å². The van der Waals surface area contributed by atoms with Gasteiger partial charge in [-0.25, -0.2) is 15.0 Å². The zero-order valence-electron chi connectivity index (χ0n) is 35.7. The standard InChI is InChI=1S/C45H29N3S/c1-5-14-30(15-6-1)35-26-36(31-16-7-2-8-17-31)28-37(27-35)34-24-25-41-40(29-34)38-22-13-23-39(42(38)49-41)45-47-43(32-18-9-3-10-19-32)46-44(48-45)33-20-11-4-12-21-33/h1-29H/i3D,4D,9D,10D,11D,12D,18D,19D,20D,21D. The summed E-state index contributed by atoms with van der Waals surface area (Å²) in [5.74, 6) is -0.576. The second-order valence-electron chi connectivity index (χ2n) is 11.3. The third-order valence-corrected chi connectivity index (χ3v) is 9.52. The molecule has 230 valence electrons. The average molecular weight is 654 g/mol. The third kappa shape index (κ3) is 5.58. The Morgan fingerprint density at radius 1 is 0.388 bits per heavy atom. The first-order valence-corrected chi connectivity index (χ1v) is 16.4. The van der Waals surface area contributed by atoms with Crippen molar-refractivity contribution in [2.24, 2.45) is 0 Å². The maximum Gasteiger partial charge on any atom is 0.165 e. The maximum atomic E-state index is 8.69. The fourth-order valence-corrected chi connectivity index (χ4v) is 7.18. The van der Waals surface area contributed by atoms with Crippen LogP contribution >= 0.6 is 11.3 Å². The topological polar surface area (TPSA) is 38.7 Å². The van der Waals surface area contributed by atoms with Gasteiger partial charge in [0.15, 0.2) is 17.5 Å². The minimum Gasteiger partial charge on any atom is -0.208 e. The van der Waals surface area contributed by atoms with Crippen LogP contribution in [0.4, 0.5) is 0 Å². The number of rotatable bonds is 6. The van der Waals surface area contributed by atoms with Gasteiger partial charge >= 0.3 is 0 Å². The fraction of sp³-hybridized carbons (Fsp3) is 0. The summed E-state index contributed by atoms with van der Waals surface area (Å²) in [6.07, 6.45) is 0. The molecule has 0 atom stereocenters. The van der Waals surface area contributed by atoms with Crippen molar-refractivity contribution in [2.45, 2.75) is 0 Å². The number of hydrogen-bond acceptors (Lipinski definition) is 4. The quantitative estimate of drug-likeness (QED) is 0.179. The summed E-state index contributed by atoms with van der Waals surface area (Å²) < 4.78 is 86.1. The Morgan fingerprint density at radius 3 is 1.49 bits per heavy atom. The molecule has 9 aromatic rings. The van der Waals surface area contributed by atoms with E-state index in [1.54, 1.807) is 6.07 Å². The molecule has 0 bridgehead atoms. The normalized spacial score (nSPS) is 14.1. The van der Waals surface area contributed by atoms with E-state index in [0.29, 0.717) is 5.56 Å². The van der Waals surface area contributed by atoms with Crippen LogP contribution in [0.2, 0.25) is 0 Å². The van der Waals surface area contributed by atoms with Crippen molar-refractivity contribution >= 4 is 31.5 Å². The molecule has 4 heteroatoms. The predicted octanol–water partition coefficient (Wildman–Crippen LogP) is 12.2. The first-order chi connectivity index (χ1) is 28.4. The van der Waals surface area contributed by atoms with Crippen LogP contribution in [-0.2, 0) is 0 Å². The molecule has 0 aliphatic carbocycles. The molecule has 0 N–H and O–H groups in total. The SMILES string of the molecule is [2H]c1c([2H])c([2H])c(-c2nc(-c3c([2H])c([2H])c([2H])c([2H])c3[2H])nc(-c3cccc4c3sc3ccc(-c5cc(-c6ccccc6)cc(-c6ccccc6)c5)cc34)n2)c([2H])c1[2H].